The molecule has 8 rings (SSSR count). The van der Waals surface area contributed by atoms with E-state index in [0.29, 0.717) is 34.9 Å². The Hall–Kier alpha value is -6.80. The predicted octanol–water partition coefficient (Wildman–Crippen LogP) is 8.52. The third-order valence-electron chi connectivity index (χ3n) is 7.79. The number of benzene rings is 4. The molecule has 8 aromatic rings. The Morgan fingerprint density at radius 2 is 0.500 bits per heavy atom. The average molecular weight is 619 g/mol. The minimum Gasteiger partial charge on any atom is -0.265 e. The molecular formula is C40H26N8. The maximum atomic E-state index is 4.92. The van der Waals surface area contributed by atoms with Gasteiger partial charge in [-0.15, -0.1) is 0 Å². The van der Waals surface area contributed by atoms with E-state index in [1.54, 1.807) is 24.8 Å². The van der Waals surface area contributed by atoms with E-state index in [2.05, 4.69) is 34.2 Å². The fraction of sp³-hybridized carbons (Fsp3) is 0. The Kier molecular flexibility index (Phi) is 7.70. The lowest BCUT2D eigenvalue weighted by Crippen LogP contribution is -2.00. The van der Waals surface area contributed by atoms with E-state index in [9.17, 15) is 0 Å². The quantitative estimate of drug-likeness (QED) is 0.175. The van der Waals surface area contributed by atoms with E-state index in [4.69, 9.17) is 29.9 Å². The van der Waals surface area contributed by atoms with Crippen LogP contribution in [0.3, 0.4) is 0 Å². The summed E-state index contributed by atoms with van der Waals surface area (Å²) in [6.07, 6.45) is 6.93. The second-order valence-corrected chi connectivity index (χ2v) is 11.0. The molecule has 48 heavy (non-hydrogen) atoms. The van der Waals surface area contributed by atoms with Gasteiger partial charge in [0, 0.05) is 58.2 Å². The van der Waals surface area contributed by atoms with E-state index in [1.165, 1.54) is 0 Å². The Morgan fingerprint density at radius 3 is 0.854 bits per heavy atom. The first-order valence-corrected chi connectivity index (χ1v) is 15.4. The molecule has 4 heterocycles. The maximum Gasteiger partial charge on any atom is 0.164 e. The van der Waals surface area contributed by atoms with Crippen molar-refractivity contribution in [2.24, 2.45) is 0 Å². The lowest BCUT2D eigenvalue weighted by molar-refractivity contribution is 1.07. The smallest absolute Gasteiger partial charge is 0.164 e. The van der Waals surface area contributed by atoms with E-state index in [1.807, 2.05) is 109 Å². The van der Waals surface area contributed by atoms with Crippen molar-refractivity contribution in [2.45, 2.75) is 0 Å². The number of hydrogen-bond donors (Lipinski definition) is 0. The summed E-state index contributed by atoms with van der Waals surface area (Å²) in [5.41, 5.74) is 7.33. The van der Waals surface area contributed by atoms with E-state index < -0.39 is 0 Å². The molecule has 0 fully saturated rings. The average Bonchev–Trinajstić information content (AvgIpc) is 3.19. The summed E-state index contributed by atoms with van der Waals surface area (Å²) in [6, 6.07) is 44.0. The number of rotatable bonds is 7. The van der Waals surface area contributed by atoms with Crippen molar-refractivity contribution in [2.75, 3.05) is 0 Å². The zero-order valence-electron chi connectivity index (χ0n) is 25.6. The molecule has 226 valence electrons. The Bertz CT molecular complexity index is 2050. The molecule has 0 amide bonds. The number of hydrogen-bond acceptors (Lipinski definition) is 8. The van der Waals surface area contributed by atoms with Crippen LogP contribution in [0.4, 0.5) is 0 Å². The second kappa shape index (κ2) is 12.9. The summed E-state index contributed by atoms with van der Waals surface area (Å²) in [5, 5.41) is 0. The van der Waals surface area contributed by atoms with Gasteiger partial charge in [0.05, 0.1) is 0 Å². The molecule has 8 heteroatoms. The van der Waals surface area contributed by atoms with Crippen LogP contribution in [0, 0.1) is 0 Å². The SMILES string of the molecule is c1ccc(-c2nc(-c3ccccc3)nc(-c3cccc(-c4cccc(-c5nc(-c6ccncc6)nc(-c6ccncc6)n5)c4)c3)n2)cc1. The first kappa shape index (κ1) is 28.7. The highest BCUT2D eigenvalue weighted by Gasteiger charge is 2.15. The topological polar surface area (TPSA) is 103 Å². The second-order valence-electron chi connectivity index (χ2n) is 11.0. The standard InChI is InChI=1S/C40H26N8/c1-3-9-27(10-4-1)35-43-36(28-11-5-2-6-12-28)46-39(45-35)33-15-7-13-31(25-33)32-14-8-16-34(26-32)40-47-37(29-17-21-41-22-18-29)44-38(48-40)30-19-23-42-24-20-30/h1-26H. The number of nitrogens with zero attached hydrogens (tertiary/aromatic N) is 8. The first-order chi connectivity index (χ1) is 23.8. The zero-order valence-corrected chi connectivity index (χ0v) is 25.6. The molecule has 0 aliphatic carbocycles. The van der Waals surface area contributed by atoms with Gasteiger partial charge in [0.25, 0.3) is 0 Å². The van der Waals surface area contributed by atoms with Gasteiger partial charge in [-0.3, -0.25) is 9.97 Å². The van der Waals surface area contributed by atoms with Crippen LogP contribution >= 0.6 is 0 Å². The fourth-order valence-corrected chi connectivity index (χ4v) is 5.38. The van der Waals surface area contributed by atoms with E-state index in [0.717, 1.165) is 44.5 Å². The molecular weight excluding hydrogens is 592 g/mol. The monoisotopic (exact) mass is 618 g/mol. The number of pyridine rings is 2. The lowest BCUT2D eigenvalue weighted by atomic mass is 10.0. The van der Waals surface area contributed by atoms with E-state index >= 15 is 0 Å². The van der Waals surface area contributed by atoms with Gasteiger partial charge in [0.1, 0.15) is 0 Å². The summed E-state index contributed by atoms with van der Waals surface area (Å²) in [5.74, 6) is 3.55. The van der Waals surface area contributed by atoms with Crippen LogP contribution in [0.25, 0.3) is 79.5 Å². The summed E-state index contributed by atoms with van der Waals surface area (Å²) < 4.78 is 0. The molecule has 0 bridgehead atoms. The summed E-state index contributed by atoms with van der Waals surface area (Å²) in [4.78, 5) is 37.5. The molecule has 8 nitrogen and oxygen atoms in total. The largest absolute Gasteiger partial charge is 0.265 e. The van der Waals surface area contributed by atoms with Gasteiger partial charge in [-0.25, -0.2) is 29.9 Å². The van der Waals surface area contributed by atoms with Crippen molar-refractivity contribution < 1.29 is 0 Å². The third kappa shape index (κ3) is 6.05. The number of aromatic nitrogens is 8. The van der Waals surface area contributed by atoms with Crippen molar-refractivity contribution in [3.63, 3.8) is 0 Å². The normalized spacial score (nSPS) is 10.9. The molecule has 0 N–H and O–H groups in total. The molecule has 0 unspecified atom stereocenters. The Morgan fingerprint density at radius 1 is 0.229 bits per heavy atom. The maximum absolute atomic E-state index is 4.92. The molecule has 0 saturated carbocycles. The van der Waals surface area contributed by atoms with Crippen LogP contribution in [0.15, 0.2) is 158 Å². The van der Waals surface area contributed by atoms with Gasteiger partial charge in [0.15, 0.2) is 34.9 Å². The van der Waals surface area contributed by atoms with Crippen LogP contribution in [-0.4, -0.2) is 39.9 Å². The fourth-order valence-electron chi connectivity index (χ4n) is 5.38. The molecule has 0 aliphatic rings. The first-order valence-electron chi connectivity index (χ1n) is 15.4. The summed E-state index contributed by atoms with van der Waals surface area (Å²) in [6.45, 7) is 0. The highest BCUT2D eigenvalue weighted by atomic mass is 15.0. The van der Waals surface area contributed by atoms with Gasteiger partial charge in [-0.1, -0.05) is 97.1 Å². The van der Waals surface area contributed by atoms with Gasteiger partial charge in [-0.05, 0) is 47.5 Å². The highest BCUT2D eigenvalue weighted by molar-refractivity contribution is 5.76. The molecule has 0 saturated heterocycles. The van der Waals surface area contributed by atoms with Crippen molar-refractivity contribution >= 4 is 0 Å². The molecule has 0 atom stereocenters. The van der Waals surface area contributed by atoms with Crippen LogP contribution in [0.2, 0.25) is 0 Å². The third-order valence-corrected chi connectivity index (χ3v) is 7.79. The van der Waals surface area contributed by atoms with Gasteiger partial charge >= 0.3 is 0 Å². The minimum atomic E-state index is 0.569. The van der Waals surface area contributed by atoms with Crippen molar-refractivity contribution in [1.29, 1.82) is 0 Å². The molecule has 0 spiro atoms. The van der Waals surface area contributed by atoms with Crippen LogP contribution in [0.5, 0.6) is 0 Å². The van der Waals surface area contributed by atoms with Crippen LogP contribution in [-0.2, 0) is 0 Å². The Labute approximate surface area is 277 Å². The van der Waals surface area contributed by atoms with Crippen molar-refractivity contribution in [1.82, 2.24) is 39.9 Å². The predicted molar refractivity (Wildman–Crippen MR) is 187 cm³/mol. The van der Waals surface area contributed by atoms with E-state index in [-0.39, 0.29) is 0 Å². The summed E-state index contributed by atoms with van der Waals surface area (Å²) in [7, 11) is 0. The van der Waals surface area contributed by atoms with Crippen molar-refractivity contribution in [3.8, 4) is 79.5 Å². The lowest BCUT2D eigenvalue weighted by Gasteiger charge is -2.11. The van der Waals surface area contributed by atoms with Crippen molar-refractivity contribution in [3.05, 3.63) is 158 Å². The van der Waals surface area contributed by atoms with Gasteiger partial charge in [0.2, 0.25) is 0 Å². The zero-order chi connectivity index (χ0) is 32.1. The molecule has 4 aromatic heterocycles. The highest BCUT2D eigenvalue weighted by Crippen LogP contribution is 2.31. The van der Waals surface area contributed by atoms with Gasteiger partial charge in [-0.2, -0.15) is 0 Å². The van der Waals surface area contributed by atoms with Crippen LogP contribution in [0.1, 0.15) is 0 Å². The Balaban J connectivity index is 1.21. The minimum absolute atomic E-state index is 0.569. The van der Waals surface area contributed by atoms with Crippen LogP contribution < -0.4 is 0 Å². The molecule has 0 radical (unpaired) electrons. The molecule has 4 aromatic carbocycles. The van der Waals surface area contributed by atoms with Gasteiger partial charge < -0.3 is 0 Å². The summed E-state index contributed by atoms with van der Waals surface area (Å²) >= 11 is 0. The molecule has 0 aliphatic heterocycles.